The first kappa shape index (κ1) is 10.2. The lowest BCUT2D eigenvalue weighted by Gasteiger charge is -2.03. The van der Waals surface area contributed by atoms with Gasteiger partial charge in [0.25, 0.3) is 5.56 Å². The lowest BCUT2D eigenvalue weighted by Crippen LogP contribution is -2.11. The van der Waals surface area contributed by atoms with Crippen molar-refractivity contribution in [1.29, 1.82) is 0 Å². The average molecular weight is 224 g/mol. The summed E-state index contributed by atoms with van der Waals surface area (Å²) in [6.45, 7) is 2.08. The maximum atomic E-state index is 11.3. The van der Waals surface area contributed by atoms with Crippen LogP contribution in [-0.2, 0) is 6.42 Å². The highest BCUT2D eigenvalue weighted by Gasteiger charge is 2.09. The molecule has 2 rings (SSSR count). The molecule has 0 bridgehead atoms. The fraction of sp³-hybridized carbons (Fsp3) is 0.444. The van der Waals surface area contributed by atoms with E-state index >= 15 is 0 Å². The third-order valence-corrected chi connectivity index (χ3v) is 2.77. The summed E-state index contributed by atoms with van der Waals surface area (Å²) in [7, 11) is 0. The molecular formula is C9H12N4OS. The second-order valence-corrected chi connectivity index (χ2v) is 3.99. The first-order chi connectivity index (χ1) is 7.26. The van der Waals surface area contributed by atoms with Crippen LogP contribution in [0.25, 0.3) is 5.78 Å². The fourth-order valence-corrected chi connectivity index (χ4v) is 2.05. The second-order valence-electron chi connectivity index (χ2n) is 3.22. The summed E-state index contributed by atoms with van der Waals surface area (Å²) in [5.41, 5.74) is 0.844. The molecule has 0 aromatic carbocycles. The SMILES string of the molecule is CCCc1cc(=O)[nH]c2nnc(SC)n12. The van der Waals surface area contributed by atoms with Crippen LogP contribution in [0.15, 0.2) is 16.0 Å². The van der Waals surface area contributed by atoms with Gasteiger partial charge in [0, 0.05) is 11.8 Å². The van der Waals surface area contributed by atoms with Gasteiger partial charge in [-0.25, -0.2) is 0 Å². The van der Waals surface area contributed by atoms with Crippen LogP contribution in [0, 0.1) is 0 Å². The van der Waals surface area contributed by atoms with Crippen LogP contribution in [0.4, 0.5) is 0 Å². The molecule has 0 unspecified atom stereocenters. The average Bonchev–Trinajstić information content (AvgIpc) is 2.61. The monoisotopic (exact) mass is 224 g/mol. The van der Waals surface area contributed by atoms with E-state index in [-0.39, 0.29) is 5.56 Å². The number of H-pyrrole nitrogens is 1. The molecule has 0 radical (unpaired) electrons. The van der Waals surface area contributed by atoms with E-state index in [2.05, 4.69) is 22.1 Å². The standard InChI is InChI=1S/C9H12N4OS/c1-3-4-6-5-7(14)10-8-11-12-9(15-2)13(6)8/h5H,3-4H2,1-2H3,(H,10,11,14). The summed E-state index contributed by atoms with van der Waals surface area (Å²) >= 11 is 1.52. The summed E-state index contributed by atoms with van der Waals surface area (Å²) in [5.74, 6) is 0.523. The van der Waals surface area contributed by atoms with Gasteiger partial charge >= 0.3 is 0 Å². The number of rotatable bonds is 3. The predicted octanol–water partition coefficient (Wildman–Crippen LogP) is 1.09. The fourth-order valence-electron chi connectivity index (χ4n) is 1.54. The number of hydrogen-bond acceptors (Lipinski definition) is 4. The molecule has 0 aliphatic rings. The summed E-state index contributed by atoms with van der Waals surface area (Å²) in [6, 6.07) is 1.61. The van der Waals surface area contributed by atoms with Gasteiger partial charge in [0.05, 0.1) is 0 Å². The number of aromatic nitrogens is 4. The molecule has 0 fully saturated rings. The highest BCUT2D eigenvalue weighted by Crippen LogP contribution is 2.14. The molecule has 1 N–H and O–H groups in total. The Morgan fingerprint density at radius 3 is 3.00 bits per heavy atom. The van der Waals surface area contributed by atoms with Crippen LogP contribution in [0.2, 0.25) is 0 Å². The molecule has 0 aliphatic carbocycles. The third-order valence-electron chi connectivity index (χ3n) is 2.14. The molecule has 6 heteroatoms. The van der Waals surface area contributed by atoms with E-state index in [4.69, 9.17) is 0 Å². The first-order valence-electron chi connectivity index (χ1n) is 4.77. The van der Waals surface area contributed by atoms with Crippen LogP contribution >= 0.6 is 11.8 Å². The minimum absolute atomic E-state index is 0.119. The molecule has 80 valence electrons. The maximum Gasteiger partial charge on any atom is 0.252 e. The van der Waals surface area contributed by atoms with Gasteiger partial charge in [-0.1, -0.05) is 25.1 Å². The molecule has 0 aliphatic heterocycles. The molecule has 2 aromatic rings. The maximum absolute atomic E-state index is 11.3. The van der Waals surface area contributed by atoms with Crippen LogP contribution in [0.5, 0.6) is 0 Å². The number of thioether (sulfide) groups is 1. The van der Waals surface area contributed by atoms with Crippen LogP contribution < -0.4 is 5.56 Å². The van der Waals surface area contributed by atoms with Gasteiger partial charge in [-0.15, -0.1) is 10.2 Å². The highest BCUT2D eigenvalue weighted by molar-refractivity contribution is 7.98. The topological polar surface area (TPSA) is 63.0 Å². The zero-order valence-electron chi connectivity index (χ0n) is 8.65. The molecule has 15 heavy (non-hydrogen) atoms. The second kappa shape index (κ2) is 4.06. The molecule has 0 saturated heterocycles. The minimum Gasteiger partial charge on any atom is -0.291 e. The minimum atomic E-state index is -0.119. The van der Waals surface area contributed by atoms with Gasteiger partial charge in [0.15, 0.2) is 5.16 Å². The van der Waals surface area contributed by atoms with Crippen LogP contribution in [-0.4, -0.2) is 25.8 Å². The number of nitrogens with zero attached hydrogens (tertiary/aromatic N) is 3. The molecule has 5 nitrogen and oxygen atoms in total. The van der Waals surface area contributed by atoms with Crippen molar-refractivity contribution in [3.8, 4) is 0 Å². The van der Waals surface area contributed by atoms with Crippen molar-refractivity contribution in [2.75, 3.05) is 6.26 Å². The van der Waals surface area contributed by atoms with Crippen molar-refractivity contribution in [2.24, 2.45) is 0 Å². The summed E-state index contributed by atoms with van der Waals surface area (Å²) < 4.78 is 1.90. The number of aromatic amines is 1. The Hall–Kier alpha value is -1.30. The van der Waals surface area contributed by atoms with E-state index in [0.29, 0.717) is 5.78 Å². The Bertz CT molecular complexity index is 530. The van der Waals surface area contributed by atoms with Crippen LogP contribution in [0.1, 0.15) is 19.0 Å². The van der Waals surface area contributed by atoms with Crippen molar-refractivity contribution >= 4 is 17.5 Å². The Kier molecular flexibility index (Phi) is 2.77. The van der Waals surface area contributed by atoms with E-state index in [1.54, 1.807) is 6.07 Å². The van der Waals surface area contributed by atoms with Crippen molar-refractivity contribution in [3.63, 3.8) is 0 Å². The van der Waals surface area contributed by atoms with Gasteiger partial charge in [-0.05, 0) is 12.7 Å². The first-order valence-corrected chi connectivity index (χ1v) is 6.00. The van der Waals surface area contributed by atoms with Crippen molar-refractivity contribution in [3.05, 3.63) is 22.1 Å². The Balaban J connectivity index is 2.73. The van der Waals surface area contributed by atoms with Crippen molar-refractivity contribution in [1.82, 2.24) is 19.6 Å². The zero-order chi connectivity index (χ0) is 10.8. The largest absolute Gasteiger partial charge is 0.291 e. The predicted molar refractivity (Wildman–Crippen MR) is 59.4 cm³/mol. The Morgan fingerprint density at radius 2 is 2.33 bits per heavy atom. The number of fused-ring (bicyclic) bond motifs is 1. The van der Waals surface area contributed by atoms with E-state index in [0.717, 1.165) is 23.7 Å². The van der Waals surface area contributed by atoms with Gasteiger partial charge in [-0.3, -0.25) is 14.2 Å². The van der Waals surface area contributed by atoms with E-state index in [1.807, 2.05) is 10.7 Å². The van der Waals surface area contributed by atoms with Gasteiger partial charge in [0.2, 0.25) is 5.78 Å². The van der Waals surface area contributed by atoms with Gasteiger partial charge in [-0.2, -0.15) is 0 Å². The molecule has 2 aromatic heterocycles. The number of aryl methyl sites for hydroxylation is 1. The van der Waals surface area contributed by atoms with E-state index < -0.39 is 0 Å². The number of nitrogens with one attached hydrogen (secondary N) is 1. The van der Waals surface area contributed by atoms with Crippen molar-refractivity contribution in [2.45, 2.75) is 24.9 Å². The summed E-state index contributed by atoms with van der Waals surface area (Å²) in [4.78, 5) is 14.0. The quantitative estimate of drug-likeness (QED) is 0.793. The highest BCUT2D eigenvalue weighted by atomic mass is 32.2. The molecule has 0 spiro atoms. The third kappa shape index (κ3) is 1.77. The lowest BCUT2D eigenvalue weighted by atomic mass is 10.2. The molecule has 0 atom stereocenters. The molecule has 0 saturated carbocycles. The van der Waals surface area contributed by atoms with Gasteiger partial charge in [0.1, 0.15) is 0 Å². The normalized spacial score (nSPS) is 11.1. The Labute approximate surface area is 90.9 Å². The summed E-state index contributed by atoms with van der Waals surface area (Å²) in [5, 5.41) is 8.74. The van der Waals surface area contributed by atoms with Gasteiger partial charge < -0.3 is 0 Å². The van der Waals surface area contributed by atoms with E-state index in [1.165, 1.54) is 11.8 Å². The van der Waals surface area contributed by atoms with E-state index in [9.17, 15) is 4.79 Å². The number of hydrogen-bond donors (Lipinski definition) is 1. The van der Waals surface area contributed by atoms with Crippen molar-refractivity contribution < 1.29 is 0 Å². The summed E-state index contributed by atoms with van der Waals surface area (Å²) in [6.07, 6.45) is 3.79. The zero-order valence-corrected chi connectivity index (χ0v) is 9.47. The molecule has 2 heterocycles. The molecular weight excluding hydrogens is 212 g/mol. The lowest BCUT2D eigenvalue weighted by molar-refractivity contribution is 0.801. The van der Waals surface area contributed by atoms with Crippen LogP contribution in [0.3, 0.4) is 0 Å². The Morgan fingerprint density at radius 1 is 1.53 bits per heavy atom. The molecule has 0 amide bonds. The smallest absolute Gasteiger partial charge is 0.252 e.